The Bertz CT molecular complexity index is 784. The topological polar surface area (TPSA) is 42.2 Å². The lowest BCUT2D eigenvalue weighted by molar-refractivity contribution is 0.710. The molecular formula is C19H24N4. The molecule has 0 aliphatic carbocycles. The molecular weight excluding hydrogens is 284 g/mol. The highest BCUT2D eigenvalue weighted by molar-refractivity contribution is 5.68. The van der Waals surface area contributed by atoms with Crippen molar-refractivity contribution < 1.29 is 0 Å². The van der Waals surface area contributed by atoms with E-state index >= 15 is 0 Å². The largest absolute Gasteiger partial charge is 0.339 e. The summed E-state index contributed by atoms with van der Waals surface area (Å²) in [6.07, 6.45) is 8.39. The van der Waals surface area contributed by atoms with E-state index in [-0.39, 0.29) is 0 Å². The fraction of sp³-hybridized carbons (Fsp3) is 0.368. The highest BCUT2D eigenvalue weighted by Gasteiger charge is 2.14. The molecule has 3 aromatic rings. The zero-order valence-corrected chi connectivity index (χ0v) is 14.1. The summed E-state index contributed by atoms with van der Waals surface area (Å²) in [5.41, 5.74) is 4.74. The smallest absolute Gasteiger partial charge is 0.235 e. The molecule has 4 heteroatoms. The molecule has 2 aromatic heterocycles. The van der Waals surface area contributed by atoms with Crippen molar-refractivity contribution in [2.24, 2.45) is 0 Å². The maximum Gasteiger partial charge on any atom is 0.235 e. The van der Waals surface area contributed by atoms with Crippen LogP contribution in [0.1, 0.15) is 43.0 Å². The highest BCUT2D eigenvalue weighted by atomic mass is 15.2. The summed E-state index contributed by atoms with van der Waals surface area (Å²) >= 11 is 0. The second-order valence-electron chi connectivity index (χ2n) is 6.05. The summed E-state index contributed by atoms with van der Waals surface area (Å²) in [6.45, 7) is 6.49. The Morgan fingerprint density at radius 3 is 2.61 bits per heavy atom. The summed E-state index contributed by atoms with van der Waals surface area (Å²) in [4.78, 5) is 9.12. The third-order valence-corrected chi connectivity index (χ3v) is 4.22. The van der Waals surface area contributed by atoms with Crippen molar-refractivity contribution >= 4 is 17.3 Å². The molecule has 0 radical (unpaired) electrons. The third-order valence-electron chi connectivity index (χ3n) is 4.22. The SMILES string of the molecule is CCCCCc1nc2ncccn2c1Nc1c(C)cccc1C. The molecule has 1 aromatic carbocycles. The Morgan fingerprint density at radius 2 is 1.87 bits per heavy atom. The molecule has 2 heterocycles. The molecule has 23 heavy (non-hydrogen) atoms. The number of hydrogen-bond donors (Lipinski definition) is 1. The van der Waals surface area contributed by atoms with Crippen molar-refractivity contribution in [3.8, 4) is 0 Å². The molecule has 0 spiro atoms. The van der Waals surface area contributed by atoms with Crippen molar-refractivity contribution in [2.45, 2.75) is 46.5 Å². The Kier molecular flexibility index (Phi) is 4.60. The van der Waals surface area contributed by atoms with Crippen molar-refractivity contribution in [3.63, 3.8) is 0 Å². The molecule has 0 unspecified atom stereocenters. The van der Waals surface area contributed by atoms with Crippen LogP contribution in [-0.4, -0.2) is 14.4 Å². The lowest BCUT2D eigenvalue weighted by atomic mass is 10.1. The second-order valence-corrected chi connectivity index (χ2v) is 6.05. The van der Waals surface area contributed by atoms with E-state index in [0.29, 0.717) is 0 Å². The maximum atomic E-state index is 4.73. The standard InChI is InChI=1S/C19H24N4/c1-4-5-6-11-16-18(23-13-8-12-20-19(23)21-16)22-17-14(2)9-7-10-15(17)3/h7-10,12-13,22H,4-6,11H2,1-3H3. The minimum absolute atomic E-state index is 0.757. The normalized spacial score (nSPS) is 11.1. The molecule has 1 N–H and O–H groups in total. The number of nitrogens with one attached hydrogen (secondary N) is 1. The van der Waals surface area contributed by atoms with Crippen LogP contribution in [0, 0.1) is 13.8 Å². The number of fused-ring (bicyclic) bond motifs is 1. The molecule has 4 nitrogen and oxygen atoms in total. The lowest BCUT2D eigenvalue weighted by Gasteiger charge is -2.13. The predicted octanol–water partition coefficient (Wildman–Crippen LogP) is 4.82. The van der Waals surface area contributed by atoms with Gasteiger partial charge in [-0.25, -0.2) is 9.97 Å². The fourth-order valence-corrected chi connectivity index (χ4v) is 2.91. The van der Waals surface area contributed by atoms with Gasteiger partial charge in [0.05, 0.1) is 5.69 Å². The lowest BCUT2D eigenvalue weighted by Crippen LogP contribution is -2.02. The third kappa shape index (κ3) is 3.21. The number of nitrogens with zero attached hydrogens (tertiary/aromatic N) is 3. The number of rotatable bonds is 6. The number of unbranched alkanes of at least 4 members (excludes halogenated alkanes) is 2. The fourth-order valence-electron chi connectivity index (χ4n) is 2.91. The number of aryl methyl sites for hydroxylation is 3. The van der Waals surface area contributed by atoms with Gasteiger partial charge in [0.15, 0.2) is 0 Å². The zero-order valence-electron chi connectivity index (χ0n) is 14.1. The van der Waals surface area contributed by atoms with Gasteiger partial charge < -0.3 is 5.32 Å². The first-order chi connectivity index (χ1) is 11.2. The summed E-state index contributed by atoms with van der Waals surface area (Å²) in [5, 5.41) is 3.62. The average Bonchev–Trinajstić information content (AvgIpc) is 2.89. The number of hydrogen-bond acceptors (Lipinski definition) is 3. The van der Waals surface area contributed by atoms with E-state index in [1.807, 2.05) is 16.7 Å². The van der Waals surface area contributed by atoms with Crippen molar-refractivity contribution in [3.05, 3.63) is 53.5 Å². The van der Waals surface area contributed by atoms with Crippen molar-refractivity contribution in [2.75, 3.05) is 5.32 Å². The molecule has 0 bridgehead atoms. The number of anilines is 2. The average molecular weight is 308 g/mol. The van der Waals surface area contributed by atoms with Crippen LogP contribution in [0.4, 0.5) is 11.5 Å². The van der Waals surface area contributed by atoms with Crippen LogP contribution in [0.3, 0.4) is 0 Å². The van der Waals surface area contributed by atoms with Crippen LogP contribution in [0.5, 0.6) is 0 Å². The van der Waals surface area contributed by atoms with Crippen molar-refractivity contribution in [1.29, 1.82) is 0 Å². The second kappa shape index (κ2) is 6.82. The molecule has 120 valence electrons. The summed E-state index contributed by atoms with van der Waals surface area (Å²) < 4.78 is 2.05. The van der Waals surface area contributed by atoms with Crippen LogP contribution in [0.2, 0.25) is 0 Å². The minimum atomic E-state index is 0.757. The van der Waals surface area contributed by atoms with Crippen LogP contribution in [0.25, 0.3) is 5.78 Å². The molecule has 0 aliphatic rings. The molecule has 3 rings (SSSR count). The van der Waals surface area contributed by atoms with Crippen LogP contribution >= 0.6 is 0 Å². The summed E-state index contributed by atoms with van der Waals surface area (Å²) in [7, 11) is 0. The summed E-state index contributed by atoms with van der Waals surface area (Å²) in [5.74, 6) is 1.80. The van der Waals surface area contributed by atoms with E-state index in [2.05, 4.69) is 49.3 Å². The van der Waals surface area contributed by atoms with Crippen molar-refractivity contribution in [1.82, 2.24) is 14.4 Å². The van der Waals surface area contributed by atoms with Gasteiger partial charge in [-0.05, 0) is 43.9 Å². The van der Waals surface area contributed by atoms with Crippen LogP contribution in [-0.2, 0) is 6.42 Å². The van der Waals surface area contributed by atoms with Gasteiger partial charge in [-0.3, -0.25) is 4.40 Å². The molecule has 0 amide bonds. The van der Waals surface area contributed by atoms with Gasteiger partial charge in [0.2, 0.25) is 5.78 Å². The number of imidazole rings is 1. The van der Waals surface area contributed by atoms with E-state index in [1.54, 1.807) is 6.20 Å². The van der Waals surface area contributed by atoms with Gasteiger partial charge in [-0.1, -0.05) is 38.0 Å². The molecule has 0 atom stereocenters. The first-order valence-electron chi connectivity index (χ1n) is 8.36. The van der Waals surface area contributed by atoms with E-state index in [4.69, 9.17) is 4.98 Å². The molecule has 0 saturated heterocycles. The monoisotopic (exact) mass is 308 g/mol. The predicted molar refractivity (Wildman–Crippen MR) is 95.4 cm³/mol. The van der Waals surface area contributed by atoms with Gasteiger partial charge in [-0.15, -0.1) is 0 Å². The maximum absolute atomic E-state index is 4.73. The van der Waals surface area contributed by atoms with E-state index in [0.717, 1.165) is 35.8 Å². The van der Waals surface area contributed by atoms with Gasteiger partial charge in [-0.2, -0.15) is 0 Å². The van der Waals surface area contributed by atoms with Gasteiger partial charge in [0, 0.05) is 18.1 Å². The Hall–Kier alpha value is -2.36. The van der Waals surface area contributed by atoms with E-state index < -0.39 is 0 Å². The van der Waals surface area contributed by atoms with E-state index in [9.17, 15) is 0 Å². The van der Waals surface area contributed by atoms with E-state index in [1.165, 1.54) is 24.0 Å². The first-order valence-corrected chi connectivity index (χ1v) is 8.36. The molecule has 0 saturated carbocycles. The minimum Gasteiger partial charge on any atom is -0.339 e. The number of benzene rings is 1. The molecule has 0 fully saturated rings. The number of para-hydroxylation sites is 1. The van der Waals surface area contributed by atoms with Crippen LogP contribution < -0.4 is 5.32 Å². The highest BCUT2D eigenvalue weighted by Crippen LogP contribution is 2.28. The van der Waals surface area contributed by atoms with Gasteiger partial charge >= 0.3 is 0 Å². The van der Waals surface area contributed by atoms with Crippen LogP contribution in [0.15, 0.2) is 36.7 Å². The zero-order chi connectivity index (χ0) is 16.2. The molecule has 0 aliphatic heterocycles. The van der Waals surface area contributed by atoms with Gasteiger partial charge in [0.25, 0.3) is 0 Å². The first kappa shape index (κ1) is 15.5. The van der Waals surface area contributed by atoms with Gasteiger partial charge in [0.1, 0.15) is 5.82 Å². The Morgan fingerprint density at radius 1 is 1.09 bits per heavy atom. The number of aromatic nitrogens is 3. The summed E-state index contributed by atoms with van der Waals surface area (Å²) in [6, 6.07) is 8.30. The quantitative estimate of drug-likeness (QED) is 0.664. The Balaban J connectivity index is 2.02. The Labute approximate surface area is 137 Å².